The molecule has 0 bridgehead atoms. The van der Waals surface area contributed by atoms with E-state index >= 15 is 0 Å². The second-order valence-electron chi connectivity index (χ2n) is 20.5. The molecule has 0 aromatic carbocycles. The summed E-state index contributed by atoms with van der Waals surface area (Å²) in [6.45, 7) is 6.20. The molecule has 6 nitrogen and oxygen atoms in total. The number of allylic oxidation sites excluding steroid dienone is 34. The highest BCUT2D eigenvalue weighted by atomic mass is 16.6. The van der Waals surface area contributed by atoms with Gasteiger partial charge in [0.15, 0.2) is 6.10 Å². The lowest BCUT2D eigenvalue weighted by Gasteiger charge is -2.18. The molecule has 0 aliphatic rings. The fourth-order valence-corrected chi connectivity index (χ4v) is 8.01. The Morgan fingerprint density at radius 3 is 0.723 bits per heavy atom. The van der Waals surface area contributed by atoms with Crippen molar-refractivity contribution in [2.75, 3.05) is 13.2 Å². The van der Waals surface area contributed by atoms with Gasteiger partial charge in [-0.2, -0.15) is 0 Å². The van der Waals surface area contributed by atoms with Gasteiger partial charge in [-0.3, -0.25) is 14.4 Å². The zero-order chi connectivity index (χ0) is 59.9. The van der Waals surface area contributed by atoms with Crippen LogP contribution in [0.1, 0.15) is 239 Å². The molecule has 1 unspecified atom stereocenters. The van der Waals surface area contributed by atoms with Crippen LogP contribution in [0.3, 0.4) is 0 Å². The largest absolute Gasteiger partial charge is 0.462 e. The van der Waals surface area contributed by atoms with Crippen molar-refractivity contribution in [3.05, 3.63) is 207 Å². The number of hydrogen-bond acceptors (Lipinski definition) is 6. The summed E-state index contributed by atoms with van der Waals surface area (Å²) < 4.78 is 16.9. The molecule has 0 saturated carbocycles. The molecule has 0 aliphatic heterocycles. The van der Waals surface area contributed by atoms with Crippen LogP contribution in [0.5, 0.6) is 0 Å². The summed E-state index contributed by atoms with van der Waals surface area (Å²) in [7, 11) is 0. The molecular formula is C77H116O6. The molecule has 0 aromatic rings. The highest BCUT2D eigenvalue weighted by molar-refractivity contribution is 5.71. The van der Waals surface area contributed by atoms with E-state index in [1.807, 2.05) is 0 Å². The van der Waals surface area contributed by atoms with Crippen LogP contribution >= 0.6 is 0 Å². The lowest BCUT2D eigenvalue weighted by Crippen LogP contribution is -2.30. The van der Waals surface area contributed by atoms with Gasteiger partial charge in [-0.15, -0.1) is 0 Å². The molecule has 83 heavy (non-hydrogen) atoms. The van der Waals surface area contributed by atoms with E-state index in [1.54, 1.807) is 0 Å². The van der Waals surface area contributed by atoms with Gasteiger partial charge in [0.05, 0.1) is 0 Å². The molecule has 460 valence electrons. The molecule has 0 rings (SSSR count). The molecule has 0 heterocycles. The third kappa shape index (κ3) is 66.7. The van der Waals surface area contributed by atoms with Gasteiger partial charge >= 0.3 is 17.9 Å². The summed E-state index contributed by atoms with van der Waals surface area (Å²) in [5.41, 5.74) is 0. The number of hydrogen-bond donors (Lipinski definition) is 0. The second-order valence-corrected chi connectivity index (χ2v) is 20.5. The molecular weight excluding hydrogens is 1020 g/mol. The first kappa shape index (κ1) is 77.0. The van der Waals surface area contributed by atoms with E-state index in [2.05, 4.69) is 227 Å². The summed E-state index contributed by atoms with van der Waals surface area (Å²) in [6, 6.07) is 0. The van der Waals surface area contributed by atoms with Gasteiger partial charge in [0.25, 0.3) is 0 Å². The SMILES string of the molecule is CC/C=C\C/C=C\C/C=C\C/C=C\C/C=C\C/C=C\C/C=C\CCCC(=O)OCC(COC(=O)CCCCCCC/C=C\C/C=C\C/C=C\C/C=C\C/C=C\CC)OC(=O)CCCCCCC/C=C\C/C=C\C/C=C\C/C=C\C/C=C\CC. The average Bonchev–Trinajstić information content (AvgIpc) is 3.49. The van der Waals surface area contributed by atoms with E-state index in [4.69, 9.17) is 14.2 Å². The molecule has 0 N–H and O–H groups in total. The number of esters is 3. The Labute approximate surface area is 509 Å². The number of carbonyl (C=O) groups excluding carboxylic acids is 3. The van der Waals surface area contributed by atoms with Crippen LogP contribution in [0.25, 0.3) is 0 Å². The molecule has 0 fully saturated rings. The van der Waals surface area contributed by atoms with Crippen LogP contribution in [0, 0.1) is 0 Å². The van der Waals surface area contributed by atoms with Crippen molar-refractivity contribution in [1.29, 1.82) is 0 Å². The molecule has 0 saturated heterocycles. The lowest BCUT2D eigenvalue weighted by molar-refractivity contribution is -0.167. The van der Waals surface area contributed by atoms with Crippen molar-refractivity contribution < 1.29 is 28.6 Å². The monoisotopic (exact) mass is 1140 g/mol. The minimum Gasteiger partial charge on any atom is -0.462 e. The Morgan fingerprint density at radius 1 is 0.241 bits per heavy atom. The summed E-state index contributed by atoms with van der Waals surface area (Å²) in [6.07, 6.45) is 105. The third-order valence-electron chi connectivity index (χ3n) is 12.8. The zero-order valence-corrected chi connectivity index (χ0v) is 52.6. The number of ether oxygens (including phenoxy) is 3. The van der Waals surface area contributed by atoms with Crippen LogP contribution in [0.4, 0.5) is 0 Å². The fraction of sp³-hybridized carbons (Fsp3) is 0.519. The number of unbranched alkanes of at least 4 members (excludes halogenated alkanes) is 11. The van der Waals surface area contributed by atoms with Crippen molar-refractivity contribution in [3.8, 4) is 0 Å². The van der Waals surface area contributed by atoms with Crippen molar-refractivity contribution in [3.63, 3.8) is 0 Å². The first-order valence-electron chi connectivity index (χ1n) is 32.6. The van der Waals surface area contributed by atoms with E-state index in [1.165, 1.54) is 0 Å². The fourth-order valence-electron chi connectivity index (χ4n) is 8.01. The molecule has 0 aliphatic carbocycles. The van der Waals surface area contributed by atoms with E-state index < -0.39 is 6.10 Å². The van der Waals surface area contributed by atoms with E-state index in [9.17, 15) is 14.4 Å². The van der Waals surface area contributed by atoms with E-state index in [0.717, 1.165) is 193 Å². The van der Waals surface area contributed by atoms with Gasteiger partial charge in [-0.1, -0.05) is 266 Å². The molecule has 0 aromatic heterocycles. The first-order valence-corrected chi connectivity index (χ1v) is 32.6. The summed E-state index contributed by atoms with van der Waals surface area (Å²) >= 11 is 0. The van der Waals surface area contributed by atoms with Gasteiger partial charge in [0.1, 0.15) is 13.2 Å². The Hall–Kier alpha value is -6.01. The minimum absolute atomic E-state index is 0.127. The Morgan fingerprint density at radius 2 is 0.446 bits per heavy atom. The van der Waals surface area contributed by atoms with Crippen molar-refractivity contribution in [2.45, 2.75) is 245 Å². The molecule has 1 atom stereocenters. The summed E-state index contributed by atoms with van der Waals surface area (Å²) in [5, 5.41) is 0. The van der Waals surface area contributed by atoms with Gasteiger partial charge in [0.2, 0.25) is 0 Å². The number of rotatable bonds is 56. The molecule has 0 spiro atoms. The smallest absolute Gasteiger partial charge is 0.306 e. The first-order chi connectivity index (χ1) is 41.0. The summed E-state index contributed by atoms with van der Waals surface area (Å²) in [5.74, 6) is -1.03. The van der Waals surface area contributed by atoms with Crippen molar-refractivity contribution in [1.82, 2.24) is 0 Å². The average molecular weight is 1140 g/mol. The highest BCUT2D eigenvalue weighted by Crippen LogP contribution is 2.13. The molecule has 6 heteroatoms. The normalized spacial score (nSPS) is 13.5. The van der Waals surface area contributed by atoms with Crippen molar-refractivity contribution in [2.24, 2.45) is 0 Å². The maximum Gasteiger partial charge on any atom is 0.306 e. The summed E-state index contributed by atoms with van der Waals surface area (Å²) in [4.78, 5) is 38.4. The van der Waals surface area contributed by atoms with E-state index in [0.29, 0.717) is 12.8 Å². The van der Waals surface area contributed by atoms with Crippen LogP contribution in [0.15, 0.2) is 207 Å². The van der Waals surface area contributed by atoms with Gasteiger partial charge < -0.3 is 14.2 Å². The van der Waals surface area contributed by atoms with Crippen LogP contribution < -0.4 is 0 Å². The Kier molecular flexibility index (Phi) is 63.5. The lowest BCUT2D eigenvalue weighted by atomic mass is 10.1. The van der Waals surface area contributed by atoms with Gasteiger partial charge in [-0.05, 0) is 161 Å². The van der Waals surface area contributed by atoms with Gasteiger partial charge in [0, 0.05) is 19.3 Å². The third-order valence-corrected chi connectivity index (χ3v) is 12.8. The molecule has 0 amide bonds. The van der Waals surface area contributed by atoms with Gasteiger partial charge in [-0.25, -0.2) is 0 Å². The van der Waals surface area contributed by atoms with Crippen molar-refractivity contribution >= 4 is 17.9 Å². The maximum absolute atomic E-state index is 12.9. The highest BCUT2D eigenvalue weighted by Gasteiger charge is 2.19. The maximum atomic E-state index is 12.9. The van der Waals surface area contributed by atoms with Crippen LogP contribution in [-0.2, 0) is 28.6 Å². The Bertz CT molecular complexity index is 2030. The zero-order valence-electron chi connectivity index (χ0n) is 52.6. The van der Waals surface area contributed by atoms with Crippen LogP contribution in [0.2, 0.25) is 0 Å². The second kappa shape index (κ2) is 68.5. The topological polar surface area (TPSA) is 78.9 Å². The quantitative estimate of drug-likeness (QED) is 0.0261. The number of carbonyl (C=O) groups is 3. The standard InChI is InChI=1S/C77H116O6/c1-4-7-10-13-16-19-22-25-28-31-34-37-38-41-43-46-49-52-55-58-61-64-67-70-76(79)82-73-74(83-77(80)71-68-65-62-59-56-53-50-47-44-40-36-33-30-27-24-21-18-15-12-9-6-3)72-81-75(78)69-66-63-60-57-54-51-48-45-42-39-35-32-29-26-23-20-17-14-11-8-5-2/h7-12,16-21,25-30,34-37,39-41,43,45,47-50,52,58,61,74H,4-6,13-15,22-24,31-33,38,42,44,46,51,53-57,59-60,62-73H2,1-3H3/b10-7-,11-8-,12-9-,19-16-,20-17-,21-18-,28-25-,29-26-,30-27-,37-34-,39-35-,40-36-,43-41-,48-45-,50-47-,52-49-,61-58-. The molecule has 0 radical (unpaired) electrons. The van der Waals surface area contributed by atoms with Crippen LogP contribution in [-0.4, -0.2) is 37.2 Å². The van der Waals surface area contributed by atoms with E-state index in [-0.39, 0.29) is 44.0 Å². The predicted molar refractivity (Wildman–Crippen MR) is 361 cm³/mol. The Balaban J connectivity index is 4.62. The predicted octanol–water partition coefficient (Wildman–Crippen LogP) is 22.8. The minimum atomic E-state index is -0.837.